The van der Waals surface area contributed by atoms with Crippen molar-refractivity contribution in [1.82, 2.24) is 10.6 Å². The molecule has 1 aliphatic heterocycles. The normalized spacial score (nSPS) is 24.9. The van der Waals surface area contributed by atoms with Gasteiger partial charge in [-0.05, 0) is 61.2 Å². The van der Waals surface area contributed by atoms with Crippen LogP contribution in [0.25, 0.3) is 0 Å². The van der Waals surface area contributed by atoms with Crippen molar-refractivity contribution in [1.29, 1.82) is 0 Å². The molecule has 24 heavy (non-hydrogen) atoms. The summed E-state index contributed by atoms with van der Waals surface area (Å²) in [5, 5.41) is 6.67. The molecular weight excluding hydrogens is 318 g/mol. The monoisotopic (exact) mass is 339 g/mol. The first-order valence-corrected chi connectivity index (χ1v) is 9.17. The molecule has 1 amide bonds. The van der Waals surface area contributed by atoms with Crippen LogP contribution in [0.1, 0.15) is 23.2 Å². The van der Waals surface area contributed by atoms with Gasteiger partial charge in [0.15, 0.2) is 0 Å². The third kappa shape index (κ3) is 3.28. The number of benzene rings is 2. The molecule has 0 aromatic heterocycles. The van der Waals surface area contributed by atoms with Crippen molar-refractivity contribution in [2.45, 2.75) is 34.7 Å². The summed E-state index contributed by atoms with van der Waals surface area (Å²) < 4.78 is 0. The summed E-state index contributed by atoms with van der Waals surface area (Å²) in [4.78, 5) is 14.6. The second-order valence-corrected chi connectivity index (χ2v) is 7.76. The Balaban J connectivity index is 1.39. The zero-order valence-electron chi connectivity index (χ0n) is 13.4. The molecule has 2 bridgehead atoms. The molecule has 4 rings (SSSR count). The van der Waals surface area contributed by atoms with Crippen LogP contribution in [0.4, 0.5) is 5.69 Å². The van der Waals surface area contributed by atoms with Crippen LogP contribution < -0.4 is 16.4 Å². The summed E-state index contributed by atoms with van der Waals surface area (Å²) in [6, 6.07) is 16.5. The van der Waals surface area contributed by atoms with Crippen LogP contribution in [0.3, 0.4) is 0 Å². The molecule has 0 spiro atoms. The van der Waals surface area contributed by atoms with Gasteiger partial charge in [0.25, 0.3) is 5.91 Å². The van der Waals surface area contributed by atoms with Gasteiger partial charge in [-0.2, -0.15) is 0 Å². The van der Waals surface area contributed by atoms with E-state index >= 15 is 0 Å². The van der Waals surface area contributed by atoms with Crippen molar-refractivity contribution >= 4 is 23.4 Å². The summed E-state index contributed by atoms with van der Waals surface area (Å²) in [7, 11) is 0. The van der Waals surface area contributed by atoms with E-state index in [1.807, 2.05) is 48.5 Å². The molecule has 4 N–H and O–H groups in total. The molecule has 2 aromatic rings. The van der Waals surface area contributed by atoms with E-state index in [-0.39, 0.29) is 5.91 Å². The number of nitrogen functional groups attached to an aromatic ring is 1. The SMILES string of the molecule is Nc1cccc(Sc2ccc(C(=O)NC3CC4CC3CN4)cc2)c1. The molecule has 2 aromatic carbocycles. The van der Waals surface area contributed by atoms with Crippen LogP contribution in [-0.4, -0.2) is 24.5 Å². The zero-order valence-corrected chi connectivity index (χ0v) is 14.2. The van der Waals surface area contributed by atoms with Crippen molar-refractivity contribution in [3.63, 3.8) is 0 Å². The Hall–Kier alpha value is -1.98. The van der Waals surface area contributed by atoms with Crippen molar-refractivity contribution in [2.24, 2.45) is 5.92 Å². The predicted molar refractivity (Wildman–Crippen MR) is 97.2 cm³/mol. The van der Waals surface area contributed by atoms with Gasteiger partial charge in [-0.1, -0.05) is 17.8 Å². The molecule has 2 aliphatic rings. The minimum absolute atomic E-state index is 0.0352. The number of piperidine rings is 1. The van der Waals surface area contributed by atoms with Crippen LogP contribution in [0, 0.1) is 5.92 Å². The molecule has 1 saturated heterocycles. The van der Waals surface area contributed by atoms with E-state index in [0.717, 1.165) is 34.0 Å². The quantitative estimate of drug-likeness (QED) is 0.749. The highest BCUT2D eigenvalue weighted by Crippen LogP contribution is 2.32. The average Bonchev–Trinajstić information content (AvgIpc) is 3.18. The highest BCUT2D eigenvalue weighted by Gasteiger charge is 2.39. The van der Waals surface area contributed by atoms with Crippen LogP contribution >= 0.6 is 11.8 Å². The number of carbonyl (C=O) groups excluding carboxylic acids is 1. The average molecular weight is 339 g/mol. The molecule has 5 heteroatoms. The number of anilines is 1. The first-order chi connectivity index (χ1) is 11.7. The maximum atomic E-state index is 12.4. The number of hydrogen-bond donors (Lipinski definition) is 3. The molecule has 1 saturated carbocycles. The summed E-state index contributed by atoms with van der Waals surface area (Å²) in [5.41, 5.74) is 7.29. The van der Waals surface area contributed by atoms with E-state index in [1.165, 1.54) is 6.42 Å². The van der Waals surface area contributed by atoms with Gasteiger partial charge in [0.05, 0.1) is 0 Å². The molecule has 2 fully saturated rings. The number of rotatable bonds is 4. The first kappa shape index (κ1) is 15.5. The number of nitrogens with one attached hydrogen (secondary N) is 2. The van der Waals surface area contributed by atoms with E-state index in [0.29, 0.717) is 18.0 Å². The fourth-order valence-electron chi connectivity index (χ4n) is 3.65. The topological polar surface area (TPSA) is 67.2 Å². The summed E-state index contributed by atoms with van der Waals surface area (Å²) in [5.74, 6) is 0.630. The van der Waals surface area contributed by atoms with E-state index in [2.05, 4.69) is 10.6 Å². The predicted octanol–water partition coefficient (Wildman–Crippen LogP) is 2.90. The maximum absolute atomic E-state index is 12.4. The van der Waals surface area contributed by atoms with Gasteiger partial charge in [-0.25, -0.2) is 0 Å². The minimum Gasteiger partial charge on any atom is -0.399 e. The Morgan fingerprint density at radius 1 is 1.12 bits per heavy atom. The molecule has 1 aliphatic carbocycles. The number of nitrogens with two attached hydrogens (primary N) is 1. The highest BCUT2D eigenvalue weighted by molar-refractivity contribution is 7.99. The van der Waals surface area contributed by atoms with Gasteiger partial charge in [0.1, 0.15) is 0 Å². The second kappa shape index (κ2) is 6.49. The van der Waals surface area contributed by atoms with Gasteiger partial charge in [-0.15, -0.1) is 0 Å². The van der Waals surface area contributed by atoms with Gasteiger partial charge in [0.2, 0.25) is 0 Å². The maximum Gasteiger partial charge on any atom is 0.251 e. The van der Waals surface area contributed by atoms with Gasteiger partial charge in [0, 0.05) is 39.7 Å². The Labute approximate surface area is 146 Å². The number of fused-ring (bicyclic) bond motifs is 2. The standard InChI is InChI=1S/C19H21N3OS/c20-14-2-1-3-17(9-14)24-16-6-4-12(5-7-16)19(23)22-18-10-15-8-13(18)11-21-15/h1-7,9,13,15,18,21H,8,10-11,20H2,(H,22,23). The van der Waals surface area contributed by atoms with E-state index < -0.39 is 0 Å². The molecule has 3 unspecified atom stereocenters. The minimum atomic E-state index is 0.0352. The highest BCUT2D eigenvalue weighted by atomic mass is 32.2. The van der Waals surface area contributed by atoms with E-state index in [1.54, 1.807) is 11.8 Å². The molecule has 0 radical (unpaired) electrons. The lowest BCUT2D eigenvalue weighted by Gasteiger charge is -2.23. The lowest BCUT2D eigenvalue weighted by molar-refractivity contribution is 0.0925. The van der Waals surface area contributed by atoms with Gasteiger partial charge >= 0.3 is 0 Å². The lowest BCUT2D eigenvalue weighted by atomic mass is 10.0. The third-order valence-corrected chi connectivity index (χ3v) is 5.89. The molecule has 1 heterocycles. The molecule has 3 atom stereocenters. The number of carbonyl (C=O) groups is 1. The zero-order chi connectivity index (χ0) is 16.5. The van der Waals surface area contributed by atoms with Crippen LogP contribution in [0.2, 0.25) is 0 Å². The van der Waals surface area contributed by atoms with Crippen molar-refractivity contribution in [3.05, 3.63) is 54.1 Å². The lowest BCUT2D eigenvalue weighted by Crippen LogP contribution is -2.44. The third-order valence-electron chi connectivity index (χ3n) is 4.89. The van der Waals surface area contributed by atoms with Crippen LogP contribution in [0.5, 0.6) is 0 Å². The number of hydrogen-bond acceptors (Lipinski definition) is 4. The summed E-state index contributed by atoms with van der Waals surface area (Å²) >= 11 is 1.64. The Bertz CT molecular complexity index is 747. The Morgan fingerprint density at radius 2 is 1.96 bits per heavy atom. The molecule has 124 valence electrons. The summed E-state index contributed by atoms with van der Waals surface area (Å²) in [6.07, 6.45) is 2.25. The second-order valence-electron chi connectivity index (χ2n) is 6.62. The van der Waals surface area contributed by atoms with Crippen molar-refractivity contribution in [3.8, 4) is 0 Å². The van der Waals surface area contributed by atoms with Crippen LogP contribution in [-0.2, 0) is 0 Å². The molecular formula is C19H21N3OS. The van der Waals surface area contributed by atoms with Gasteiger partial charge in [-0.3, -0.25) is 4.79 Å². The fourth-order valence-corrected chi connectivity index (χ4v) is 4.54. The fraction of sp³-hybridized carbons (Fsp3) is 0.316. The van der Waals surface area contributed by atoms with Crippen LogP contribution in [0.15, 0.2) is 58.3 Å². The van der Waals surface area contributed by atoms with Crippen molar-refractivity contribution in [2.75, 3.05) is 12.3 Å². The molecule has 4 nitrogen and oxygen atoms in total. The smallest absolute Gasteiger partial charge is 0.251 e. The largest absolute Gasteiger partial charge is 0.399 e. The first-order valence-electron chi connectivity index (χ1n) is 8.35. The Morgan fingerprint density at radius 3 is 2.62 bits per heavy atom. The Kier molecular flexibility index (Phi) is 4.21. The summed E-state index contributed by atoms with van der Waals surface area (Å²) in [6.45, 7) is 1.03. The van der Waals surface area contributed by atoms with Gasteiger partial charge < -0.3 is 16.4 Å². The van der Waals surface area contributed by atoms with Crippen molar-refractivity contribution < 1.29 is 4.79 Å². The van der Waals surface area contributed by atoms with E-state index in [9.17, 15) is 4.79 Å². The number of amides is 1. The van der Waals surface area contributed by atoms with E-state index in [4.69, 9.17) is 5.73 Å².